The molecule has 0 spiro atoms. The van der Waals surface area contributed by atoms with Gasteiger partial charge >= 0.3 is 0 Å². The van der Waals surface area contributed by atoms with Crippen LogP contribution in [0.25, 0.3) is 0 Å². The molecule has 0 saturated carbocycles. The lowest BCUT2D eigenvalue weighted by atomic mass is 10.2. The smallest absolute Gasteiger partial charge is 0.233 e. The van der Waals surface area contributed by atoms with E-state index < -0.39 is 0 Å². The fraction of sp³-hybridized carbons (Fsp3) is 0.136. The Hall–Kier alpha value is -3.67. The SMILES string of the molecule is O=C(CC(=O)Nc1ccc(OCc2ccccc2)cc1)NCc1ccncc1. The van der Waals surface area contributed by atoms with Crippen LogP contribution in [-0.4, -0.2) is 16.8 Å². The van der Waals surface area contributed by atoms with Crippen molar-refractivity contribution in [1.29, 1.82) is 0 Å². The molecule has 0 aliphatic carbocycles. The van der Waals surface area contributed by atoms with Crippen LogP contribution < -0.4 is 15.4 Å². The van der Waals surface area contributed by atoms with Crippen molar-refractivity contribution in [2.24, 2.45) is 0 Å². The van der Waals surface area contributed by atoms with Crippen molar-refractivity contribution in [1.82, 2.24) is 10.3 Å². The average Bonchev–Trinajstić information content (AvgIpc) is 2.73. The van der Waals surface area contributed by atoms with Crippen LogP contribution in [0, 0.1) is 0 Å². The largest absolute Gasteiger partial charge is 0.489 e. The van der Waals surface area contributed by atoms with E-state index in [-0.39, 0.29) is 18.2 Å². The van der Waals surface area contributed by atoms with E-state index in [2.05, 4.69) is 15.6 Å². The molecule has 3 aromatic rings. The van der Waals surface area contributed by atoms with Gasteiger partial charge in [0.2, 0.25) is 11.8 Å². The first-order valence-electron chi connectivity index (χ1n) is 8.91. The van der Waals surface area contributed by atoms with Gasteiger partial charge in [0.1, 0.15) is 18.8 Å². The van der Waals surface area contributed by atoms with Crippen LogP contribution in [0.5, 0.6) is 5.75 Å². The minimum absolute atomic E-state index is 0.239. The number of benzene rings is 2. The number of hydrogen-bond donors (Lipinski definition) is 2. The van der Waals surface area contributed by atoms with Gasteiger partial charge in [-0.1, -0.05) is 30.3 Å². The predicted octanol–water partition coefficient (Wildman–Crippen LogP) is 3.31. The highest BCUT2D eigenvalue weighted by Crippen LogP contribution is 2.17. The molecule has 0 aliphatic rings. The van der Waals surface area contributed by atoms with Crippen LogP contribution in [-0.2, 0) is 22.7 Å². The number of anilines is 1. The quantitative estimate of drug-likeness (QED) is 0.592. The molecule has 0 atom stereocenters. The lowest BCUT2D eigenvalue weighted by Gasteiger charge is -2.09. The van der Waals surface area contributed by atoms with Gasteiger partial charge in [0.05, 0.1) is 0 Å². The van der Waals surface area contributed by atoms with E-state index in [1.54, 1.807) is 36.7 Å². The Morgan fingerprint density at radius 1 is 0.821 bits per heavy atom. The molecule has 0 saturated heterocycles. The van der Waals surface area contributed by atoms with Crippen molar-refractivity contribution in [3.63, 3.8) is 0 Å². The summed E-state index contributed by atoms with van der Waals surface area (Å²) in [6.07, 6.45) is 3.07. The number of aromatic nitrogens is 1. The Balaban J connectivity index is 1.41. The number of nitrogens with one attached hydrogen (secondary N) is 2. The maximum atomic E-state index is 12.0. The highest BCUT2D eigenvalue weighted by molar-refractivity contribution is 6.03. The van der Waals surface area contributed by atoms with Gasteiger partial charge in [-0.05, 0) is 47.5 Å². The van der Waals surface area contributed by atoms with Gasteiger partial charge in [0.25, 0.3) is 0 Å². The molecule has 1 aromatic heterocycles. The van der Waals surface area contributed by atoms with Crippen molar-refractivity contribution < 1.29 is 14.3 Å². The molecule has 6 heteroatoms. The molecule has 3 rings (SSSR count). The lowest BCUT2D eigenvalue weighted by Crippen LogP contribution is -2.27. The van der Waals surface area contributed by atoms with Crippen molar-refractivity contribution in [3.8, 4) is 5.75 Å². The molecule has 28 heavy (non-hydrogen) atoms. The van der Waals surface area contributed by atoms with Gasteiger partial charge in [-0.3, -0.25) is 14.6 Å². The third-order valence-corrected chi connectivity index (χ3v) is 3.95. The third kappa shape index (κ3) is 6.25. The van der Waals surface area contributed by atoms with Crippen LogP contribution in [0.15, 0.2) is 79.1 Å². The van der Waals surface area contributed by atoms with Crippen LogP contribution in [0.2, 0.25) is 0 Å². The second kappa shape index (κ2) is 9.87. The molecule has 0 unspecified atom stereocenters. The van der Waals surface area contributed by atoms with Crippen LogP contribution in [0.4, 0.5) is 5.69 Å². The number of carbonyl (C=O) groups excluding carboxylic acids is 2. The summed E-state index contributed by atoms with van der Waals surface area (Å²) in [5.41, 5.74) is 2.62. The molecular formula is C22H21N3O3. The number of pyridine rings is 1. The second-order valence-corrected chi connectivity index (χ2v) is 6.16. The Labute approximate surface area is 163 Å². The minimum Gasteiger partial charge on any atom is -0.489 e. The summed E-state index contributed by atoms with van der Waals surface area (Å²) >= 11 is 0. The highest BCUT2D eigenvalue weighted by Gasteiger charge is 2.09. The maximum absolute atomic E-state index is 12.0. The summed E-state index contributed by atoms with van der Waals surface area (Å²) in [6, 6.07) is 20.5. The molecule has 0 aliphatic heterocycles. The van der Waals surface area contributed by atoms with Crippen molar-refractivity contribution >= 4 is 17.5 Å². The normalized spacial score (nSPS) is 10.1. The highest BCUT2D eigenvalue weighted by atomic mass is 16.5. The standard InChI is InChI=1S/C22H21N3O3/c26-21(24-15-17-10-12-23-13-11-17)14-22(27)25-19-6-8-20(9-7-19)28-16-18-4-2-1-3-5-18/h1-13H,14-16H2,(H,24,26)(H,25,27). The van der Waals surface area contributed by atoms with Gasteiger partial charge in [-0.25, -0.2) is 0 Å². The fourth-order valence-electron chi connectivity index (χ4n) is 2.49. The Morgan fingerprint density at radius 2 is 1.54 bits per heavy atom. The Morgan fingerprint density at radius 3 is 2.25 bits per heavy atom. The van der Waals surface area contributed by atoms with E-state index in [9.17, 15) is 9.59 Å². The van der Waals surface area contributed by atoms with Crippen LogP contribution >= 0.6 is 0 Å². The zero-order valence-corrected chi connectivity index (χ0v) is 15.3. The number of rotatable bonds is 8. The van der Waals surface area contributed by atoms with E-state index in [1.165, 1.54) is 0 Å². The van der Waals surface area contributed by atoms with Gasteiger partial charge in [0, 0.05) is 24.6 Å². The van der Waals surface area contributed by atoms with E-state index in [0.717, 1.165) is 11.1 Å². The van der Waals surface area contributed by atoms with E-state index in [1.807, 2.05) is 42.5 Å². The van der Waals surface area contributed by atoms with Gasteiger partial charge in [0.15, 0.2) is 0 Å². The first-order valence-corrected chi connectivity index (χ1v) is 8.91. The summed E-state index contributed by atoms with van der Waals surface area (Å²) in [5.74, 6) is -0.000690. The second-order valence-electron chi connectivity index (χ2n) is 6.16. The Bertz CT molecular complexity index is 897. The first kappa shape index (κ1) is 19.1. The summed E-state index contributed by atoms with van der Waals surface area (Å²) in [6.45, 7) is 0.840. The van der Waals surface area contributed by atoms with Gasteiger partial charge < -0.3 is 15.4 Å². The zero-order chi connectivity index (χ0) is 19.6. The monoisotopic (exact) mass is 375 g/mol. The maximum Gasteiger partial charge on any atom is 0.233 e. The molecule has 0 radical (unpaired) electrons. The van der Waals surface area contributed by atoms with E-state index in [0.29, 0.717) is 24.6 Å². The summed E-state index contributed by atoms with van der Waals surface area (Å²) in [7, 11) is 0. The molecule has 142 valence electrons. The zero-order valence-electron chi connectivity index (χ0n) is 15.3. The third-order valence-electron chi connectivity index (χ3n) is 3.95. The summed E-state index contributed by atoms with van der Waals surface area (Å²) in [5, 5.41) is 5.42. The van der Waals surface area contributed by atoms with Gasteiger partial charge in [-0.2, -0.15) is 0 Å². The number of amides is 2. The molecule has 2 N–H and O–H groups in total. The molecule has 0 fully saturated rings. The number of hydrogen-bond acceptors (Lipinski definition) is 4. The van der Waals surface area contributed by atoms with Crippen molar-refractivity contribution in [2.45, 2.75) is 19.6 Å². The van der Waals surface area contributed by atoms with E-state index in [4.69, 9.17) is 4.74 Å². The van der Waals surface area contributed by atoms with E-state index >= 15 is 0 Å². The predicted molar refractivity (Wildman–Crippen MR) is 107 cm³/mol. The number of ether oxygens (including phenoxy) is 1. The molecule has 1 heterocycles. The first-order chi connectivity index (χ1) is 13.7. The number of nitrogens with zero attached hydrogens (tertiary/aromatic N) is 1. The molecule has 6 nitrogen and oxygen atoms in total. The molecule has 0 bridgehead atoms. The Kier molecular flexibility index (Phi) is 6.73. The van der Waals surface area contributed by atoms with Crippen LogP contribution in [0.1, 0.15) is 17.5 Å². The average molecular weight is 375 g/mol. The number of carbonyl (C=O) groups is 2. The summed E-state index contributed by atoms with van der Waals surface area (Å²) < 4.78 is 5.71. The van der Waals surface area contributed by atoms with Crippen LogP contribution in [0.3, 0.4) is 0 Å². The molecule has 2 aromatic carbocycles. The lowest BCUT2D eigenvalue weighted by molar-refractivity contribution is -0.126. The fourth-order valence-corrected chi connectivity index (χ4v) is 2.49. The molecular weight excluding hydrogens is 354 g/mol. The van der Waals surface area contributed by atoms with Gasteiger partial charge in [-0.15, -0.1) is 0 Å². The topological polar surface area (TPSA) is 80.3 Å². The summed E-state index contributed by atoms with van der Waals surface area (Å²) in [4.78, 5) is 27.8. The van der Waals surface area contributed by atoms with Crippen molar-refractivity contribution in [3.05, 3.63) is 90.3 Å². The minimum atomic E-state index is -0.370. The van der Waals surface area contributed by atoms with Crippen molar-refractivity contribution in [2.75, 3.05) is 5.32 Å². The molecule has 2 amide bonds.